The molecule has 1 saturated heterocycles. The van der Waals surface area contributed by atoms with Crippen molar-refractivity contribution in [1.82, 2.24) is 9.21 Å². The lowest BCUT2D eigenvalue weighted by Crippen LogP contribution is -2.55. The van der Waals surface area contributed by atoms with E-state index in [1.54, 1.807) is 11.2 Å². The van der Waals surface area contributed by atoms with Gasteiger partial charge < -0.3 is 0 Å². The molecule has 0 aromatic rings. The molecule has 0 aromatic carbocycles. The summed E-state index contributed by atoms with van der Waals surface area (Å²) in [6.45, 7) is 10.2. The third kappa shape index (κ3) is 2.92. The van der Waals surface area contributed by atoms with Gasteiger partial charge >= 0.3 is 0 Å². The van der Waals surface area contributed by atoms with Crippen LogP contribution < -0.4 is 0 Å². The van der Waals surface area contributed by atoms with Crippen LogP contribution in [0.25, 0.3) is 0 Å². The molecule has 15 heavy (non-hydrogen) atoms. The average Bonchev–Trinajstić information content (AvgIpc) is 2.17. The predicted octanol–water partition coefficient (Wildman–Crippen LogP) is 0.751. The van der Waals surface area contributed by atoms with Gasteiger partial charge in [0, 0.05) is 31.7 Å². The first-order chi connectivity index (χ1) is 6.88. The van der Waals surface area contributed by atoms with E-state index < -0.39 is 10.0 Å². The molecule has 0 N–H and O–H groups in total. The van der Waals surface area contributed by atoms with E-state index >= 15 is 0 Å². The molecule has 1 aliphatic heterocycles. The summed E-state index contributed by atoms with van der Waals surface area (Å²) in [4.78, 5) is 2.35. The Bertz CT molecular complexity index is 301. The van der Waals surface area contributed by atoms with Gasteiger partial charge in [-0.15, -0.1) is 0 Å². The van der Waals surface area contributed by atoms with Crippen LogP contribution in [0.1, 0.15) is 27.7 Å². The molecule has 0 bridgehead atoms. The largest absolute Gasteiger partial charge is 0.296 e. The quantitative estimate of drug-likeness (QED) is 0.723. The summed E-state index contributed by atoms with van der Waals surface area (Å²) in [5, 5.41) is 0. The van der Waals surface area contributed by atoms with Gasteiger partial charge in [0.1, 0.15) is 0 Å². The van der Waals surface area contributed by atoms with Crippen LogP contribution in [0.5, 0.6) is 0 Å². The van der Waals surface area contributed by atoms with E-state index in [4.69, 9.17) is 0 Å². The van der Waals surface area contributed by atoms with Crippen LogP contribution in [-0.4, -0.2) is 55.1 Å². The molecule has 90 valence electrons. The van der Waals surface area contributed by atoms with Crippen LogP contribution in [0, 0.1) is 0 Å². The summed E-state index contributed by atoms with van der Waals surface area (Å²) in [6, 6.07) is 0.812. The van der Waals surface area contributed by atoms with Gasteiger partial charge in [0.05, 0.1) is 5.75 Å². The lowest BCUT2D eigenvalue weighted by atomic mass is 10.2. The molecule has 0 spiro atoms. The van der Waals surface area contributed by atoms with E-state index in [1.807, 2.05) is 0 Å². The molecule has 1 heterocycles. The average molecular weight is 234 g/mol. The highest BCUT2D eigenvalue weighted by atomic mass is 32.2. The summed E-state index contributed by atoms with van der Waals surface area (Å²) in [5.74, 6) is 0.210. The third-order valence-corrected chi connectivity index (χ3v) is 4.91. The van der Waals surface area contributed by atoms with Crippen LogP contribution >= 0.6 is 0 Å². The van der Waals surface area contributed by atoms with Crippen LogP contribution in [0.15, 0.2) is 0 Å². The highest BCUT2D eigenvalue weighted by Crippen LogP contribution is 2.15. The zero-order chi connectivity index (χ0) is 11.6. The van der Waals surface area contributed by atoms with Crippen LogP contribution in [-0.2, 0) is 10.0 Å². The molecule has 1 rings (SSSR count). The Hall–Kier alpha value is -0.130. The van der Waals surface area contributed by atoms with E-state index in [9.17, 15) is 8.42 Å². The van der Waals surface area contributed by atoms with Crippen LogP contribution in [0.3, 0.4) is 0 Å². The fourth-order valence-electron chi connectivity index (χ4n) is 2.14. The van der Waals surface area contributed by atoms with Gasteiger partial charge in [-0.25, -0.2) is 8.42 Å². The second-order valence-corrected chi connectivity index (χ2v) is 6.70. The zero-order valence-corrected chi connectivity index (χ0v) is 10.9. The summed E-state index contributed by atoms with van der Waals surface area (Å²) >= 11 is 0. The number of rotatable bonds is 3. The monoisotopic (exact) mass is 234 g/mol. The maximum Gasteiger partial charge on any atom is 0.213 e. The van der Waals surface area contributed by atoms with Crippen molar-refractivity contribution in [2.24, 2.45) is 0 Å². The van der Waals surface area contributed by atoms with Crippen LogP contribution in [0.4, 0.5) is 0 Å². The SMILES string of the molecule is CCS(=O)(=O)N1CCN(C(C)C)C(C)C1. The molecule has 5 heteroatoms. The summed E-state index contributed by atoms with van der Waals surface area (Å²) in [5.41, 5.74) is 0. The zero-order valence-electron chi connectivity index (χ0n) is 10.1. The fraction of sp³-hybridized carbons (Fsp3) is 1.00. The lowest BCUT2D eigenvalue weighted by molar-refractivity contribution is 0.0981. The van der Waals surface area contributed by atoms with Crippen molar-refractivity contribution in [2.45, 2.75) is 39.8 Å². The van der Waals surface area contributed by atoms with E-state index in [1.165, 1.54) is 0 Å². The van der Waals surface area contributed by atoms with Crippen molar-refractivity contribution in [3.8, 4) is 0 Å². The minimum absolute atomic E-state index is 0.210. The molecule has 4 nitrogen and oxygen atoms in total. The van der Waals surface area contributed by atoms with Crippen molar-refractivity contribution < 1.29 is 8.42 Å². The van der Waals surface area contributed by atoms with E-state index in [0.717, 1.165) is 6.54 Å². The number of hydrogen-bond donors (Lipinski definition) is 0. The van der Waals surface area contributed by atoms with Crippen molar-refractivity contribution in [3.05, 3.63) is 0 Å². The van der Waals surface area contributed by atoms with E-state index in [0.29, 0.717) is 25.2 Å². The molecule has 0 aliphatic carbocycles. The van der Waals surface area contributed by atoms with Gasteiger partial charge in [0.25, 0.3) is 0 Å². The fourth-order valence-corrected chi connectivity index (χ4v) is 3.31. The van der Waals surface area contributed by atoms with Gasteiger partial charge in [-0.3, -0.25) is 4.90 Å². The summed E-state index contributed by atoms with van der Waals surface area (Å²) in [6.07, 6.45) is 0. The Labute approximate surface area is 93.3 Å². The first kappa shape index (κ1) is 12.9. The lowest BCUT2D eigenvalue weighted by Gasteiger charge is -2.41. The highest BCUT2D eigenvalue weighted by Gasteiger charge is 2.30. The molecule has 0 amide bonds. The maximum absolute atomic E-state index is 11.7. The van der Waals surface area contributed by atoms with Gasteiger partial charge in [0.15, 0.2) is 0 Å². The van der Waals surface area contributed by atoms with Crippen molar-refractivity contribution in [3.63, 3.8) is 0 Å². The van der Waals surface area contributed by atoms with Crippen molar-refractivity contribution in [2.75, 3.05) is 25.4 Å². The smallest absolute Gasteiger partial charge is 0.213 e. The van der Waals surface area contributed by atoms with Gasteiger partial charge in [-0.2, -0.15) is 4.31 Å². The molecule has 0 saturated carbocycles. The van der Waals surface area contributed by atoms with Crippen molar-refractivity contribution in [1.29, 1.82) is 0 Å². The number of hydrogen-bond acceptors (Lipinski definition) is 3. The molecular formula is C10H22N2O2S. The number of nitrogens with zero attached hydrogens (tertiary/aromatic N) is 2. The highest BCUT2D eigenvalue weighted by molar-refractivity contribution is 7.89. The standard InChI is InChI=1S/C10H22N2O2S/c1-5-15(13,14)11-6-7-12(9(2)3)10(4)8-11/h9-10H,5-8H2,1-4H3. The maximum atomic E-state index is 11.7. The Balaban J connectivity index is 2.66. The van der Waals surface area contributed by atoms with Crippen LogP contribution in [0.2, 0.25) is 0 Å². The second-order valence-electron chi connectivity index (χ2n) is 4.44. The molecule has 0 radical (unpaired) electrons. The van der Waals surface area contributed by atoms with E-state index in [2.05, 4.69) is 25.7 Å². The first-order valence-electron chi connectivity index (χ1n) is 5.62. The first-order valence-corrected chi connectivity index (χ1v) is 7.23. The molecule has 1 aliphatic rings. The van der Waals surface area contributed by atoms with Crippen molar-refractivity contribution >= 4 is 10.0 Å². The van der Waals surface area contributed by atoms with Gasteiger partial charge in [0.2, 0.25) is 10.0 Å². The molecule has 1 unspecified atom stereocenters. The Morgan fingerprint density at radius 3 is 2.33 bits per heavy atom. The van der Waals surface area contributed by atoms with Gasteiger partial charge in [-0.05, 0) is 27.7 Å². The summed E-state index contributed by atoms with van der Waals surface area (Å²) < 4.78 is 25.0. The Morgan fingerprint density at radius 1 is 1.33 bits per heavy atom. The Kier molecular flexibility index (Phi) is 4.14. The predicted molar refractivity (Wildman–Crippen MR) is 62.3 cm³/mol. The normalized spacial score (nSPS) is 26.1. The van der Waals surface area contributed by atoms with Gasteiger partial charge in [-0.1, -0.05) is 0 Å². The number of sulfonamides is 1. The molecular weight excluding hydrogens is 212 g/mol. The molecule has 0 aromatic heterocycles. The molecule has 1 fully saturated rings. The second kappa shape index (κ2) is 4.80. The topological polar surface area (TPSA) is 40.6 Å². The number of piperazine rings is 1. The molecule has 1 atom stereocenters. The third-order valence-electron chi connectivity index (χ3n) is 3.06. The summed E-state index contributed by atoms with van der Waals surface area (Å²) in [7, 11) is -3.00. The van der Waals surface area contributed by atoms with E-state index in [-0.39, 0.29) is 5.75 Å². The minimum atomic E-state index is -3.00. The Morgan fingerprint density at radius 2 is 1.93 bits per heavy atom. The minimum Gasteiger partial charge on any atom is -0.296 e.